The number of benzene rings is 2. The zero-order chi connectivity index (χ0) is 23.4. The second-order valence-electron chi connectivity index (χ2n) is 8.16. The fraction of sp³-hybridized carbons (Fsp3) is 0.346. The average molecular weight is 453 g/mol. The molecular formula is C26H29FN2O4. The lowest BCUT2D eigenvalue weighted by Gasteiger charge is -2.42. The van der Waals surface area contributed by atoms with Crippen LogP contribution in [0.2, 0.25) is 0 Å². The molecule has 174 valence electrons. The van der Waals surface area contributed by atoms with Crippen molar-refractivity contribution < 1.29 is 23.1 Å². The molecule has 0 bridgehead atoms. The van der Waals surface area contributed by atoms with Gasteiger partial charge in [0.2, 0.25) is 0 Å². The zero-order valence-corrected chi connectivity index (χ0v) is 19.1. The van der Waals surface area contributed by atoms with Gasteiger partial charge in [0, 0.05) is 19.1 Å². The maximum Gasteiger partial charge on any atom is 0.287 e. The number of fused-ring (bicyclic) bond motifs is 1. The van der Waals surface area contributed by atoms with Gasteiger partial charge in [-0.15, -0.1) is 0 Å². The van der Waals surface area contributed by atoms with E-state index in [0.717, 1.165) is 24.1 Å². The number of halogens is 1. The summed E-state index contributed by atoms with van der Waals surface area (Å²) < 4.78 is 29.9. The second-order valence-corrected chi connectivity index (χ2v) is 8.16. The third-order valence-electron chi connectivity index (χ3n) is 6.21. The molecular weight excluding hydrogens is 423 g/mol. The molecule has 6 nitrogen and oxygen atoms in total. The molecule has 0 saturated carbocycles. The summed E-state index contributed by atoms with van der Waals surface area (Å²) in [7, 11) is 3.25. The Kier molecular flexibility index (Phi) is 6.99. The van der Waals surface area contributed by atoms with Crippen molar-refractivity contribution in [2.24, 2.45) is 0 Å². The number of carbonyl (C=O) groups is 1. The van der Waals surface area contributed by atoms with Crippen molar-refractivity contribution >= 4 is 5.91 Å². The van der Waals surface area contributed by atoms with Gasteiger partial charge in [0.15, 0.2) is 17.3 Å². The summed E-state index contributed by atoms with van der Waals surface area (Å²) in [6.45, 7) is 3.47. The van der Waals surface area contributed by atoms with Crippen LogP contribution in [-0.4, -0.2) is 37.6 Å². The largest absolute Gasteiger partial charge is 0.493 e. The predicted molar refractivity (Wildman–Crippen MR) is 123 cm³/mol. The summed E-state index contributed by atoms with van der Waals surface area (Å²) >= 11 is 0. The van der Waals surface area contributed by atoms with Gasteiger partial charge in [0.25, 0.3) is 5.91 Å². The summed E-state index contributed by atoms with van der Waals surface area (Å²) in [5.74, 6) is 1.11. The fourth-order valence-corrected chi connectivity index (χ4v) is 4.55. The van der Waals surface area contributed by atoms with Crippen LogP contribution in [0.15, 0.2) is 59.2 Å². The van der Waals surface area contributed by atoms with E-state index in [1.54, 1.807) is 38.5 Å². The van der Waals surface area contributed by atoms with E-state index in [4.69, 9.17) is 13.9 Å². The van der Waals surface area contributed by atoms with Crippen LogP contribution in [-0.2, 0) is 13.0 Å². The van der Waals surface area contributed by atoms with Gasteiger partial charge in [-0.3, -0.25) is 9.69 Å². The number of hydrogen-bond acceptors (Lipinski definition) is 5. The predicted octanol–water partition coefficient (Wildman–Crippen LogP) is 4.74. The highest BCUT2D eigenvalue weighted by molar-refractivity contribution is 5.91. The Hall–Kier alpha value is -3.32. The van der Waals surface area contributed by atoms with Gasteiger partial charge >= 0.3 is 0 Å². The molecule has 0 spiro atoms. The molecule has 2 unspecified atom stereocenters. The fourth-order valence-electron chi connectivity index (χ4n) is 4.55. The smallest absolute Gasteiger partial charge is 0.287 e. The minimum atomic E-state index is -0.256. The number of hydrogen-bond donors (Lipinski definition) is 1. The monoisotopic (exact) mass is 452 g/mol. The lowest BCUT2D eigenvalue weighted by molar-refractivity contribution is 0.0833. The van der Waals surface area contributed by atoms with Gasteiger partial charge in [0.05, 0.1) is 26.5 Å². The number of amides is 1. The average Bonchev–Trinajstić information content (AvgIpc) is 3.38. The van der Waals surface area contributed by atoms with Crippen LogP contribution in [0.25, 0.3) is 0 Å². The van der Waals surface area contributed by atoms with Gasteiger partial charge in [0.1, 0.15) is 5.82 Å². The van der Waals surface area contributed by atoms with Gasteiger partial charge in [-0.1, -0.05) is 19.1 Å². The molecule has 1 aliphatic rings. The summed E-state index contributed by atoms with van der Waals surface area (Å²) in [4.78, 5) is 15.2. The number of nitrogens with one attached hydrogen (secondary N) is 1. The first-order chi connectivity index (χ1) is 16.0. The number of nitrogens with zero attached hydrogens (tertiary/aromatic N) is 1. The molecule has 0 saturated heterocycles. The summed E-state index contributed by atoms with van der Waals surface area (Å²) in [5, 5.41) is 3.16. The maximum atomic E-state index is 13.5. The Morgan fingerprint density at radius 2 is 1.91 bits per heavy atom. The Morgan fingerprint density at radius 3 is 2.55 bits per heavy atom. The van der Waals surface area contributed by atoms with E-state index >= 15 is 0 Å². The number of furan rings is 1. The van der Waals surface area contributed by atoms with Gasteiger partial charge in [-0.2, -0.15) is 0 Å². The summed E-state index contributed by atoms with van der Waals surface area (Å²) in [6, 6.07) is 13.7. The molecule has 0 aliphatic carbocycles. The van der Waals surface area contributed by atoms with E-state index in [2.05, 4.69) is 17.1 Å². The molecule has 2 heterocycles. The van der Waals surface area contributed by atoms with E-state index in [0.29, 0.717) is 24.5 Å². The molecule has 1 aliphatic heterocycles. The molecule has 2 aromatic carbocycles. The molecule has 1 aromatic heterocycles. The minimum absolute atomic E-state index is 0.109. The van der Waals surface area contributed by atoms with Crippen LogP contribution in [0, 0.1) is 5.82 Å². The van der Waals surface area contributed by atoms with E-state index < -0.39 is 0 Å². The van der Waals surface area contributed by atoms with Crippen molar-refractivity contribution in [2.75, 3.05) is 20.8 Å². The highest BCUT2D eigenvalue weighted by Crippen LogP contribution is 2.40. The lowest BCUT2D eigenvalue weighted by atomic mass is 9.86. The molecule has 1 amide bonds. The van der Waals surface area contributed by atoms with Crippen molar-refractivity contribution in [3.8, 4) is 11.5 Å². The molecule has 2 atom stereocenters. The van der Waals surface area contributed by atoms with E-state index in [9.17, 15) is 9.18 Å². The van der Waals surface area contributed by atoms with Crippen LogP contribution in [0.4, 0.5) is 4.39 Å². The molecule has 3 aromatic rings. The first kappa shape index (κ1) is 22.9. The quantitative estimate of drug-likeness (QED) is 0.535. The van der Waals surface area contributed by atoms with E-state index in [-0.39, 0.29) is 29.6 Å². The highest BCUT2D eigenvalue weighted by Gasteiger charge is 2.35. The molecule has 33 heavy (non-hydrogen) atoms. The van der Waals surface area contributed by atoms with Crippen molar-refractivity contribution in [3.63, 3.8) is 0 Å². The Balaban J connectivity index is 1.72. The van der Waals surface area contributed by atoms with Crippen molar-refractivity contribution in [3.05, 3.63) is 83.1 Å². The van der Waals surface area contributed by atoms with Crippen molar-refractivity contribution in [1.29, 1.82) is 0 Å². The molecule has 0 radical (unpaired) electrons. The Bertz CT molecular complexity index is 1080. The molecule has 1 N–H and O–H groups in total. The van der Waals surface area contributed by atoms with Crippen LogP contribution in [0.1, 0.15) is 46.6 Å². The number of rotatable bonds is 8. The maximum absolute atomic E-state index is 13.5. The van der Waals surface area contributed by atoms with Gasteiger partial charge < -0.3 is 19.2 Å². The van der Waals surface area contributed by atoms with Crippen LogP contribution in [0.5, 0.6) is 11.5 Å². The summed E-state index contributed by atoms with van der Waals surface area (Å²) in [5.41, 5.74) is 3.27. The topological polar surface area (TPSA) is 63.9 Å². The SMILES string of the molecule is CCC(NC(=O)c1ccco1)C1c2cc(OC)c(OC)cc2CCN1Cc1ccc(F)cc1. The lowest BCUT2D eigenvalue weighted by Crippen LogP contribution is -2.48. The number of methoxy groups -OCH3 is 2. The molecule has 7 heteroatoms. The first-order valence-corrected chi connectivity index (χ1v) is 11.1. The molecule has 4 rings (SSSR count). The number of carbonyl (C=O) groups excluding carboxylic acids is 1. The van der Waals surface area contributed by atoms with Gasteiger partial charge in [-0.25, -0.2) is 4.39 Å². The highest BCUT2D eigenvalue weighted by atomic mass is 19.1. The van der Waals surface area contributed by atoms with Crippen LogP contribution >= 0.6 is 0 Å². The number of ether oxygens (including phenoxy) is 2. The van der Waals surface area contributed by atoms with E-state index in [1.165, 1.54) is 24.0 Å². The third-order valence-corrected chi connectivity index (χ3v) is 6.21. The van der Waals surface area contributed by atoms with Crippen LogP contribution in [0.3, 0.4) is 0 Å². The van der Waals surface area contributed by atoms with Crippen LogP contribution < -0.4 is 14.8 Å². The Morgan fingerprint density at radius 1 is 1.18 bits per heavy atom. The van der Waals surface area contributed by atoms with Gasteiger partial charge in [-0.05, 0) is 65.9 Å². The van der Waals surface area contributed by atoms with Crippen molar-refractivity contribution in [2.45, 2.75) is 38.4 Å². The van der Waals surface area contributed by atoms with Crippen molar-refractivity contribution in [1.82, 2.24) is 10.2 Å². The standard InChI is InChI=1S/C26H29FN2O4/c1-4-21(28-26(30)22-6-5-13-33-22)25-20-15-24(32-3)23(31-2)14-18(20)11-12-29(25)16-17-7-9-19(27)10-8-17/h5-10,13-15,21,25H,4,11-12,16H2,1-3H3,(H,28,30). The molecule has 0 fully saturated rings. The normalized spacial score (nSPS) is 16.7. The Labute approximate surface area is 193 Å². The summed E-state index contributed by atoms with van der Waals surface area (Å²) in [6.07, 6.45) is 3.03. The third kappa shape index (κ3) is 4.88. The first-order valence-electron chi connectivity index (χ1n) is 11.1. The minimum Gasteiger partial charge on any atom is -0.493 e. The van der Waals surface area contributed by atoms with E-state index in [1.807, 2.05) is 12.1 Å². The zero-order valence-electron chi connectivity index (χ0n) is 19.1. The second kappa shape index (κ2) is 10.1.